The second-order valence-corrected chi connectivity index (χ2v) is 19.1. The number of fused-ring (bicyclic) bond motifs is 8. The summed E-state index contributed by atoms with van der Waals surface area (Å²) in [4.78, 5) is 5.08. The third kappa shape index (κ3) is 4.61. The van der Waals surface area contributed by atoms with Gasteiger partial charge < -0.3 is 19.3 Å². The van der Waals surface area contributed by atoms with Crippen molar-refractivity contribution in [3.63, 3.8) is 0 Å². The van der Waals surface area contributed by atoms with Gasteiger partial charge in [0, 0.05) is 28.4 Å². The van der Waals surface area contributed by atoms with Crippen LogP contribution in [0.25, 0.3) is 0 Å². The van der Waals surface area contributed by atoms with Gasteiger partial charge in [-0.3, -0.25) is 0 Å². The maximum atomic E-state index is 6.38. The molecule has 268 valence electrons. The third-order valence-corrected chi connectivity index (χ3v) is 13.8. The molecular formula is C48H51BN2O2. The van der Waals surface area contributed by atoms with E-state index in [2.05, 4.69) is 157 Å². The van der Waals surface area contributed by atoms with Crippen LogP contribution >= 0.6 is 0 Å². The fourth-order valence-electron chi connectivity index (χ4n) is 10.5. The fraction of sp³-hybridized carbons (Fsp3) is 0.375. The van der Waals surface area contributed by atoms with Crippen molar-refractivity contribution in [2.24, 2.45) is 0 Å². The van der Waals surface area contributed by atoms with Crippen molar-refractivity contribution in [1.82, 2.24) is 0 Å². The van der Waals surface area contributed by atoms with Gasteiger partial charge in [0.1, 0.15) is 0 Å². The first-order valence-electron chi connectivity index (χ1n) is 19.7. The zero-order valence-electron chi connectivity index (χ0n) is 32.9. The predicted molar refractivity (Wildman–Crippen MR) is 222 cm³/mol. The summed E-state index contributed by atoms with van der Waals surface area (Å²) in [6.07, 6.45) is 4.74. The second kappa shape index (κ2) is 10.7. The lowest BCUT2D eigenvalue weighted by atomic mass is 9.33. The summed E-state index contributed by atoms with van der Waals surface area (Å²) in [7, 11) is 0. The Morgan fingerprint density at radius 1 is 0.528 bits per heavy atom. The molecule has 5 aliphatic rings. The molecule has 0 fully saturated rings. The van der Waals surface area contributed by atoms with E-state index in [1.807, 2.05) is 0 Å². The zero-order valence-corrected chi connectivity index (χ0v) is 32.9. The number of hydrogen-bond acceptors (Lipinski definition) is 4. The average Bonchev–Trinajstić information content (AvgIpc) is 3.61. The van der Waals surface area contributed by atoms with E-state index < -0.39 is 0 Å². The Morgan fingerprint density at radius 3 is 1.81 bits per heavy atom. The van der Waals surface area contributed by atoms with Crippen molar-refractivity contribution >= 4 is 57.2 Å². The molecule has 5 aromatic rings. The molecular weight excluding hydrogens is 647 g/mol. The number of benzene rings is 5. The van der Waals surface area contributed by atoms with Crippen LogP contribution in [0.4, 0.5) is 34.1 Å². The molecule has 0 bridgehead atoms. The standard InChI is InChI=1S/C48H51BN2O2/c1-29-23-39-42-40(24-29)51(30-13-11-10-12-14-30)43-36(17-18-41-44(43)53-28-52-41)49(42)37-26-34-35(48(8,9)22-21-47(34,6)7)27-38(37)50(39)31-15-16-32-33(25-31)46(4,5)20-19-45(32,2)3/h10-18,23-27H,19-22,28H2,1-9H3. The number of ether oxygens (including phenoxy) is 2. The van der Waals surface area contributed by atoms with Gasteiger partial charge in [0.15, 0.2) is 11.5 Å². The van der Waals surface area contributed by atoms with Gasteiger partial charge >= 0.3 is 0 Å². The number of rotatable bonds is 2. The van der Waals surface area contributed by atoms with Gasteiger partial charge in [-0.25, -0.2) is 0 Å². The second-order valence-electron chi connectivity index (χ2n) is 19.1. The average molecular weight is 699 g/mol. The molecule has 3 aliphatic heterocycles. The molecule has 5 aromatic carbocycles. The summed E-state index contributed by atoms with van der Waals surface area (Å²) in [5.74, 6) is 1.65. The topological polar surface area (TPSA) is 24.9 Å². The van der Waals surface area contributed by atoms with E-state index in [0.717, 1.165) is 22.9 Å². The van der Waals surface area contributed by atoms with Crippen molar-refractivity contribution in [1.29, 1.82) is 0 Å². The van der Waals surface area contributed by atoms with Crippen LogP contribution in [0.1, 0.15) is 109 Å². The minimum absolute atomic E-state index is 0.0236. The van der Waals surface area contributed by atoms with Gasteiger partial charge in [0.2, 0.25) is 6.79 Å². The Labute approximate surface area is 316 Å². The molecule has 0 amide bonds. The first-order valence-corrected chi connectivity index (χ1v) is 19.7. The van der Waals surface area contributed by atoms with Crippen LogP contribution in [0, 0.1) is 6.92 Å². The highest BCUT2D eigenvalue weighted by atomic mass is 16.7. The zero-order chi connectivity index (χ0) is 36.8. The molecule has 3 heterocycles. The molecule has 0 radical (unpaired) electrons. The van der Waals surface area contributed by atoms with E-state index in [1.54, 1.807) is 0 Å². The molecule has 5 heteroatoms. The van der Waals surface area contributed by atoms with E-state index in [4.69, 9.17) is 9.47 Å². The van der Waals surface area contributed by atoms with Gasteiger partial charge in [-0.1, -0.05) is 91.8 Å². The predicted octanol–water partition coefficient (Wildman–Crippen LogP) is 10.5. The van der Waals surface area contributed by atoms with Gasteiger partial charge in [-0.05, 0) is 147 Å². The molecule has 0 saturated heterocycles. The van der Waals surface area contributed by atoms with Gasteiger partial charge in [0.05, 0.1) is 5.69 Å². The highest BCUT2D eigenvalue weighted by Gasteiger charge is 2.48. The number of anilines is 6. The summed E-state index contributed by atoms with van der Waals surface area (Å²) in [6, 6.07) is 32.7. The van der Waals surface area contributed by atoms with Crippen LogP contribution < -0.4 is 35.7 Å². The first-order chi connectivity index (χ1) is 25.2. The molecule has 10 rings (SSSR count). The van der Waals surface area contributed by atoms with E-state index in [9.17, 15) is 0 Å². The third-order valence-electron chi connectivity index (χ3n) is 13.8. The number of aryl methyl sites for hydroxylation is 1. The molecule has 0 aromatic heterocycles. The first kappa shape index (κ1) is 33.0. The number of hydrogen-bond donors (Lipinski definition) is 0. The largest absolute Gasteiger partial charge is 0.454 e. The van der Waals surface area contributed by atoms with Gasteiger partial charge in [-0.2, -0.15) is 0 Å². The maximum absolute atomic E-state index is 6.38. The summed E-state index contributed by atoms with van der Waals surface area (Å²) in [5, 5.41) is 0. The molecule has 0 spiro atoms. The molecule has 0 saturated carbocycles. The lowest BCUT2D eigenvalue weighted by Crippen LogP contribution is -2.62. The normalized spacial score (nSPS) is 20.2. The molecule has 0 unspecified atom stereocenters. The van der Waals surface area contributed by atoms with Crippen molar-refractivity contribution in [3.8, 4) is 11.5 Å². The summed E-state index contributed by atoms with van der Waals surface area (Å²) >= 11 is 0. The monoisotopic (exact) mass is 698 g/mol. The van der Waals surface area contributed by atoms with Crippen LogP contribution in [0.15, 0.2) is 84.9 Å². The minimum Gasteiger partial charge on any atom is -0.454 e. The summed E-state index contributed by atoms with van der Waals surface area (Å²) < 4.78 is 12.4. The lowest BCUT2D eigenvalue weighted by Gasteiger charge is -2.48. The van der Waals surface area contributed by atoms with E-state index in [0.29, 0.717) is 0 Å². The highest BCUT2D eigenvalue weighted by molar-refractivity contribution is 7.00. The van der Waals surface area contributed by atoms with Crippen molar-refractivity contribution < 1.29 is 9.47 Å². The van der Waals surface area contributed by atoms with Crippen molar-refractivity contribution in [3.05, 3.63) is 113 Å². The SMILES string of the molecule is Cc1cc2c3c(c1)N(c1ccccc1)c1c(ccc4c1OCO4)B3c1cc3c(cc1N2c1ccc2c(c1)C(C)(C)CCC2(C)C)C(C)(C)CCC3(C)C. The van der Waals surface area contributed by atoms with Crippen LogP contribution in [-0.4, -0.2) is 13.5 Å². The Bertz CT molecular complexity index is 2370. The minimum atomic E-state index is 0.0236. The Kier molecular flexibility index (Phi) is 6.68. The van der Waals surface area contributed by atoms with Crippen LogP contribution in [-0.2, 0) is 21.7 Å². The Morgan fingerprint density at radius 2 is 1.13 bits per heavy atom. The molecule has 53 heavy (non-hydrogen) atoms. The maximum Gasteiger partial charge on any atom is 0.252 e. The lowest BCUT2D eigenvalue weighted by molar-refractivity contribution is 0.174. The summed E-state index contributed by atoms with van der Waals surface area (Å²) in [6.45, 7) is 22.1. The Balaban J connectivity index is 1.33. The summed E-state index contributed by atoms with van der Waals surface area (Å²) in [5.41, 5.74) is 18.8. The van der Waals surface area contributed by atoms with Crippen molar-refractivity contribution in [2.75, 3.05) is 16.6 Å². The van der Waals surface area contributed by atoms with E-state index in [-0.39, 0.29) is 35.2 Å². The van der Waals surface area contributed by atoms with E-state index >= 15 is 0 Å². The van der Waals surface area contributed by atoms with Gasteiger partial charge in [-0.15, -0.1) is 0 Å². The van der Waals surface area contributed by atoms with Crippen LogP contribution in [0.3, 0.4) is 0 Å². The number of para-hydroxylation sites is 1. The van der Waals surface area contributed by atoms with Gasteiger partial charge in [0.25, 0.3) is 6.71 Å². The van der Waals surface area contributed by atoms with Crippen LogP contribution in [0.5, 0.6) is 11.5 Å². The van der Waals surface area contributed by atoms with E-state index in [1.165, 1.54) is 92.6 Å². The Hall–Kier alpha value is -4.64. The quantitative estimate of drug-likeness (QED) is 0.168. The smallest absolute Gasteiger partial charge is 0.252 e. The van der Waals surface area contributed by atoms with Crippen molar-refractivity contribution in [2.45, 2.75) is 110 Å². The highest BCUT2D eigenvalue weighted by Crippen LogP contribution is 2.54. The molecule has 0 N–H and O–H groups in total. The molecule has 4 nitrogen and oxygen atoms in total. The van der Waals surface area contributed by atoms with Crippen LogP contribution in [0.2, 0.25) is 0 Å². The molecule has 2 aliphatic carbocycles. The number of nitrogens with zero attached hydrogens (tertiary/aromatic N) is 2. The fourth-order valence-corrected chi connectivity index (χ4v) is 10.5. The molecule has 0 atom stereocenters.